The highest BCUT2D eigenvalue weighted by Gasteiger charge is 2.39. The zero-order chi connectivity index (χ0) is 16.1. The first-order valence-corrected chi connectivity index (χ1v) is 9.94. The van der Waals surface area contributed by atoms with Gasteiger partial charge in [-0.25, -0.2) is 0 Å². The Balaban J connectivity index is 1.67. The first kappa shape index (κ1) is 17.2. The second-order valence-electron chi connectivity index (χ2n) is 6.01. The minimum atomic E-state index is -0.0592. The van der Waals surface area contributed by atoms with Crippen molar-refractivity contribution in [1.29, 1.82) is 0 Å². The summed E-state index contributed by atoms with van der Waals surface area (Å²) in [5.74, 6) is 2.29. The molecule has 1 aromatic heterocycles. The molecule has 1 N–H and O–H groups in total. The van der Waals surface area contributed by atoms with Gasteiger partial charge >= 0.3 is 0 Å². The third kappa shape index (κ3) is 4.26. The highest BCUT2D eigenvalue weighted by Crippen LogP contribution is 2.30. The van der Waals surface area contributed by atoms with Crippen LogP contribution in [0.1, 0.15) is 23.2 Å². The Morgan fingerprint density at radius 2 is 2.09 bits per heavy atom. The maximum atomic E-state index is 12.4. The predicted octanol–water partition coefficient (Wildman–Crippen LogP) is 2.17. The Morgan fingerprint density at radius 1 is 1.35 bits per heavy atom. The van der Waals surface area contributed by atoms with Crippen LogP contribution in [-0.2, 0) is 4.74 Å². The van der Waals surface area contributed by atoms with Crippen molar-refractivity contribution in [3.63, 3.8) is 0 Å². The van der Waals surface area contributed by atoms with Gasteiger partial charge in [-0.15, -0.1) is 0 Å². The molecule has 7 heteroatoms. The molecule has 1 amide bonds. The third-order valence-electron chi connectivity index (χ3n) is 4.65. The maximum Gasteiger partial charge on any atom is 0.252 e. The molecule has 2 aliphatic rings. The number of nitrogens with one attached hydrogen (secondary N) is 1. The topological polar surface area (TPSA) is 54.5 Å². The number of hydrogen-bond donors (Lipinski definition) is 1. The molecule has 0 aliphatic carbocycles. The van der Waals surface area contributed by atoms with Gasteiger partial charge in [-0.3, -0.25) is 14.7 Å². The summed E-state index contributed by atoms with van der Waals surface area (Å²) in [6.07, 6.45) is 5.25. The summed E-state index contributed by atoms with van der Waals surface area (Å²) in [6, 6.07) is 1.80. The zero-order valence-electron chi connectivity index (χ0n) is 13.1. The molecule has 0 bridgehead atoms. The van der Waals surface area contributed by atoms with Gasteiger partial charge in [0.1, 0.15) is 0 Å². The SMILES string of the molecule is O=C(NCC1(N2CCSCC2)CCOCC1)c1cncc(Br)c1. The largest absolute Gasteiger partial charge is 0.381 e. The van der Waals surface area contributed by atoms with Gasteiger partial charge in [-0.2, -0.15) is 11.8 Å². The number of halogens is 1. The van der Waals surface area contributed by atoms with Gasteiger partial charge in [0.05, 0.1) is 5.56 Å². The van der Waals surface area contributed by atoms with Crippen LogP contribution in [0.15, 0.2) is 22.9 Å². The van der Waals surface area contributed by atoms with Crippen molar-refractivity contribution >= 4 is 33.6 Å². The van der Waals surface area contributed by atoms with Gasteiger partial charge in [-0.1, -0.05) is 0 Å². The summed E-state index contributed by atoms with van der Waals surface area (Å²) in [5, 5.41) is 3.13. The van der Waals surface area contributed by atoms with Crippen molar-refractivity contribution in [3.8, 4) is 0 Å². The lowest BCUT2D eigenvalue weighted by Crippen LogP contribution is -2.60. The summed E-state index contributed by atoms with van der Waals surface area (Å²) in [4.78, 5) is 19.1. The van der Waals surface area contributed by atoms with Crippen LogP contribution in [0.5, 0.6) is 0 Å². The van der Waals surface area contributed by atoms with Gasteiger partial charge in [0.2, 0.25) is 0 Å². The lowest BCUT2D eigenvalue weighted by molar-refractivity contribution is -0.0237. The molecule has 0 radical (unpaired) electrons. The highest BCUT2D eigenvalue weighted by atomic mass is 79.9. The van der Waals surface area contributed by atoms with Gasteiger partial charge in [-0.05, 0) is 34.8 Å². The third-order valence-corrected chi connectivity index (χ3v) is 6.03. The summed E-state index contributed by atoms with van der Waals surface area (Å²) in [6.45, 7) is 4.42. The minimum absolute atomic E-state index is 0.0360. The molecule has 2 aliphatic heterocycles. The molecule has 0 spiro atoms. The monoisotopic (exact) mass is 399 g/mol. The van der Waals surface area contributed by atoms with E-state index in [-0.39, 0.29) is 11.4 Å². The van der Waals surface area contributed by atoms with E-state index in [2.05, 4.69) is 31.1 Å². The maximum absolute atomic E-state index is 12.4. The Morgan fingerprint density at radius 3 is 2.78 bits per heavy atom. The van der Waals surface area contributed by atoms with Crippen LogP contribution in [0.4, 0.5) is 0 Å². The van der Waals surface area contributed by atoms with Gasteiger partial charge in [0.25, 0.3) is 5.91 Å². The predicted molar refractivity (Wildman–Crippen MR) is 96.0 cm³/mol. The zero-order valence-corrected chi connectivity index (χ0v) is 15.5. The van der Waals surface area contributed by atoms with Crippen molar-refractivity contribution in [2.24, 2.45) is 0 Å². The molecule has 5 nitrogen and oxygen atoms in total. The van der Waals surface area contributed by atoms with Crippen LogP contribution in [-0.4, -0.2) is 65.7 Å². The van der Waals surface area contributed by atoms with E-state index in [0.717, 1.165) is 43.6 Å². The number of carbonyl (C=O) groups excluding carboxylic acids is 1. The van der Waals surface area contributed by atoms with E-state index < -0.39 is 0 Å². The molecule has 2 saturated heterocycles. The first-order chi connectivity index (χ1) is 11.2. The fourth-order valence-electron chi connectivity index (χ4n) is 3.28. The van der Waals surface area contributed by atoms with Gasteiger partial charge < -0.3 is 10.1 Å². The van der Waals surface area contributed by atoms with Crippen molar-refractivity contribution in [2.75, 3.05) is 44.4 Å². The van der Waals surface area contributed by atoms with E-state index in [4.69, 9.17) is 4.74 Å². The second kappa shape index (κ2) is 7.96. The second-order valence-corrected chi connectivity index (χ2v) is 8.15. The van der Waals surface area contributed by atoms with Crippen molar-refractivity contribution in [3.05, 3.63) is 28.5 Å². The molecule has 0 atom stereocenters. The van der Waals surface area contributed by atoms with Gasteiger partial charge in [0.15, 0.2) is 0 Å². The van der Waals surface area contributed by atoms with E-state index in [1.165, 1.54) is 11.5 Å². The normalized spacial score (nSPS) is 21.8. The quantitative estimate of drug-likeness (QED) is 0.840. The number of pyridine rings is 1. The fourth-order valence-corrected chi connectivity index (χ4v) is 4.54. The average molecular weight is 400 g/mol. The Bertz CT molecular complexity index is 546. The smallest absolute Gasteiger partial charge is 0.252 e. The molecule has 3 rings (SSSR count). The Labute approximate surface area is 149 Å². The number of carbonyl (C=O) groups is 1. The number of rotatable bonds is 4. The number of nitrogens with zero attached hydrogens (tertiary/aromatic N) is 2. The van der Waals surface area contributed by atoms with Gasteiger partial charge in [0, 0.05) is 66.8 Å². The molecule has 23 heavy (non-hydrogen) atoms. The number of aromatic nitrogens is 1. The minimum Gasteiger partial charge on any atom is -0.381 e. The number of ether oxygens (including phenoxy) is 1. The van der Waals surface area contributed by atoms with E-state index in [1.807, 2.05) is 11.8 Å². The van der Waals surface area contributed by atoms with Crippen LogP contribution in [0.25, 0.3) is 0 Å². The van der Waals surface area contributed by atoms with Crippen LogP contribution in [0.3, 0.4) is 0 Å². The van der Waals surface area contributed by atoms with E-state index >= 15 is 0 Å². The lowest BCUT2D eigenvalue weighted by Gasteiger charge is -2.48. The Kier molecular flexibility index (Phi) is 5.96. The summed E-state index contributed by atoms with van der Waals surface area (Å²) in [5.41, 5.74) is 0.629. The molecule has 2 fully saturated rings. The summed E-state index contributed by atoms with van der Waals surface area (Å²) < 4.78 is 6.38. The molecule has 3 heterocycles. The van der Waals surface area contributed by atoms with E-state index in [1.54, 1.807) is 18.5 Å². The molecule has 126 valence electrons. The van der Waals surface area contributed by atoms with Crippen LogP contribution in [0.2, 0.25) is 0 Å². The highest BCUT2D eigenvalue weighted by molar-refractivity contribution is 9.10. The molecular weight excluding hydrogens is 378 g/mol. The van der Waals surface area contributed by atoms with Crippen molar-refractivity contribution in [1.82, 2.24) is 15.2 Å². The number of thioether (sulfide) groups is 1. The first-order valence-electron chi connectivity index (χ1n) is 7.99. The molecule has 0 aromatic carbocycles. The van der Waals surface area contributed by atoms with E-state index in [0.29, 0.717) is 12.1 Å². The van der Waals surface area contributed by atoms with Crippen LogP contribution < -0.4 is 5.32 Å². The number of amides is 1. The lowest BCUT2D eigenvalue weighted by atomic mass is 9.87. The van der Waals surface area contributed by atoms with Crippen molar-refractivity contribution < 1.29 is 9.53 Å². The molecule has 0 saturated carbocycles. The molecular formula is C16H22BrN3O2S. The molecule has 1 aromatic rings. The summed E-state index contributed by atoms with van der Waals surface area (Å²) in [7, 11) is 0. The average Bonchev–Trinajstić information content (AvgIpc) is 2.61. The van der Waals surface area contributed by atoms with Crippen molar-refractivity contribution in [2.45, 2.75) is 18.4 Å². The van der Waals surface area contributed by atoms with E-state index in [9.17, 15) is 4.79 Å². The standard InChI is InChI=1S/C16H22BrN3O2S/c17-14-9-13(10-18-11-14)15(21)19-12-16(1-5-22-6-2-16)20-3-7-23-8-4-20/h9-11H,1-8,12H2,(H,19,21). The Hall–Kier alpha value is -0.630. The molecule has 0 unspecified atom stereocenters. The van der Waals surface area contributed by atoms with Crippen LogP contribution in [0, 0.1) is 0 Å². The summed E-state index contributed by atoms with van der Waals surface area (Å²) >= 11 is 5.37. The van der Waals surface area contributed by atoms with Crippen LogP contribution >= 0.6 is 27.7 Å². The number of hydrogen-bond acceptors (Lipinski definition) is 5. The fraction of sp³-hybridized carbons (Fsp3) is 0.625.